The fourth-order valence-corrected chi connectivity index (χ4v) is 3.88. The number of aromatic nitrogens is 2. The van der Waals surface area contributed by atoms with Crippen LogP contribution in [0, 0.1) is 0 Å². The van der Waals surface area contributed by atoms with Crippen molar-refractivity contribution in [2.75, 3.05) is 11.3 Å². The predicted octanol–water partition coefficient (Wildman–Crippen LogP) is 2.87. The van der Waals surface area contributed by atoms with E-state index in [1.807, 2.05) is 12.3 Å². The fourth-order valence-electron chi connectivity index (χ4n) is 2.78. The second kappa shape index (κ2) is 7.80. The number of nitrogens with zero attached hydrogens (tertiary/aromatic N) is 2. The van der Waals surface area contributed by atoms with Crippen LogP contribution < -0.4 is 15.1 Å². The van der Waals surface area contributed by atoms with Crippen molar-refractivity contribution in [2.24, 2.45) is 0 Å². The quantitative estimate of drug-likeness (QED) is 0.469. The Balaban J connectivity index is 1.55. The second-order valence-corrected chi connectivity index (χ2v) is 7.86. The third-order valence-corrected chi connectivity index (χ3v) is 5.53. The van der Waals surface area contributed by atoms with Crippen molar-refractivity contribution in [3.05, 3.63) is 83.5 Å². The number of benzene rings is 2. The van der Waals surface area contributed by atoms with Crippen LogP contribution in [0.2, 0.25) is 0 Å². The van der Waals surface area contributed by atoms with E-state index in [2.05, 4.69) is 9.82 Å². The normalized spacial score (nSPS) is 11.4. The molecule has 0 radical (unpaired) electrons. The van der Waals surface area contributed by atoms with Crippen molar-refractivity contribution in [3.8, 4) is 5.75 Å². The molecular formula is C20H17N3O5S. The van der Waals surface area contributed by atoms with Gasteiger partial charge in [0.2, 0.25) is 0 Å². The Bertz CT molecular complexity index is 1300. The van der Waals surface area contributed by atoms with E-state index < -0.39 is 15.6 Å². The van der Waals surface area contributed by atoms with Crippen LogP contribution in [0.3, 0.4) is 0 Å². The number of anilines is 1. The molecule has 0 aliphatic rings. The van der Waals surface area contributed by atoms with Crippen LogP contribution in [0.25, 0.3) is 11.0 Å². The molecule has 4 rings (SSSR count). The molecule has 4 aromatic rings. The maximum Gasteiger partial charge on any atom is 0.336 e. The highest BCUT2D eigenvalue weighted by Gasteiger charge is 2.17. The first-order chi connectivity index (χ1) is 14.0. The van der Waals surface area contributed by atoms with Gasteiger partial charge < -0.3 is 9.15 Å². The van der Waals surface area contributed by atoms with Crippen LogP contribution in [-0.2, 0) is 16.6 Å². The summed E-state index contributed by atoms with van der Waals surface area (Å²) >= 11 is 0. The van der Waals surface area contributed by atoms with E-state index in [9.17, 15) is 13.2 Å². The summed E-state index contributed by atoms with van der Waals surface area (Å²) in [5, 5.41) is 4.61. The Morgan fingerprint density at radius 1 is 1.07 bits per heavy atom. The summed E-state index contributed by atoms with van der Waals surface area (Å²) in [5.74, 6) is 0.412. The molecule has 0 spiro atoms. The molecule has 2 heterocycles. The number of rotatable bonds is 7. The van der Waals surface area contributed by atoms with Crippen LogP contribution in [0.4, 0.5) is 5.69 Å². The van der Waals surface area contributed by atoms with Gasteiger partial charge in [-0.15, -0.1) is 0 Å². The van der Waals surface area contributed by atoms with Gasteiger partial charge in [0.15, 0.2) is 0 Å². The SMILES string of the molecule is O=c1ccc2cc(S(=O)(=O)Nc3ccccc3OCCn3cccn3)ccc2o1. The lowest BCUT2D eigenvalue weighted by Gasteiger charge is -2.14. The molecule has 8 nitrogen and oxygen atoms in total. The zero-order chi connectivity index (χ0) is 20.3. The van der Waals surface area contributed by atoms with Crippen LogP contribution in [0.15, 0.2) is 87.2 Å². The first-order valence-corrected chi connectivity index (χ1v) is 10.3. The first-order valence-electron chi connectivity index (χ1n) is 8.77. The van der Waals surface area contributed by atoms with Gasteiger partial charge in [-0.3, -0.25) is 9.40 Å². The summed E-state index contributed by atoms with van der Waals surface area (Å²) in [5.41, 5.74) is 0.152. The molecule has 0 unspecified atom stereocenters. The van der Waals surface area contributed by atoms with Gasteiger partial charge in [0.1, 0.15) is 17.9 Å². The maximum atomic E-state index is 12.9. The van der Waals surface area contributed by atoms with Crippen molar-refractivity contribution in [3.63, 3.8) is 0 Å². The van der Waals surface area contributed by atoms with Crippen molar-refractivity contribution >= 4 is 26.7 Å². The zero-order valence-electron chi connectivity index (χ0n) is 15.2. The third kappa shape index (κ3) is 4.30. The Morgan fingerprint density at radius 2 is 1.93 bits per heavy atom. The van der Waals surface area contributed by atoms with E-state index in [0.717, 1.165) is 0 Å². The first kappa shape index (κ1) is 18.8. The molecule has 0 fully saturated rings. The molecule has 2 aromatic heterocycles. The van der Waals surface area contributed by atoms with E-state index >= 15 is 0 Å². The van der Waals surface area contributed by atoms with Crippen LogP contribution in [0.5, 0.6) is 5.75 Å². The largest absolute Gasteiger partial charge is 0.489 e. The van der Waals surface area contributed by atoms with Gasteiger partial charge in [-0.05, 0) is 42.5 Å². The van der Waals surface area contributed by atoms with Crippen LogP contribution in [-0.4, -0.2) is 24.8 Å². The molecular weight excluding hydrogens is 394 g/mol. The minimum absolute atomic E-state index is 0.0465. The van der Waals surface area contributed by atoms with Gasteiger partial charge in [0.05, 0.1) is 17.1 Å². The van der Waals surface area contributed by atoms with Crippen molar-refractivity contribution in [1.29, 1.82) is 0 Å². The Labute approximate surface area is 166 Å². The van der Waals surface area contributed by atoms with Gasteiger partial charge in [-0.2, -0.15) is 5.10 Å². The summed E-state index contributed by atoms with van der Waals surface area (Å²) in [6.45, 7) is 0.861. The molecule has 2 aromatic carbocycles. The highest BCUT2D eigenvalue weighted by Crippen LogP contribution is 2.27. The Hall–Kier alpha value is -3.59. The summed E-state index contributed by atoms with van der Waals surface area (Å²) in [4.78, 5) is 11.3. The standard InChI is InChI=1S/C20H17N3O5S/c24-20-9-6-15-14-16(7-8-18(15)28-20)29(25,26)22-17-4-1-2-5-19(17)27-13-12-23-11-3-10-21-23/h1-11,14,22H,12-13H2. The Kier molecular flexibility index (Phi) is 5.05. The second-order valence-electron chi connectivity index (χ2n) is 6.17. The number of ether oxygens (including phenoxy) is 1. The van der Waals surface area contributed by atoms with Gasteiger partial charge in [-0.1, -0.05) is 12.1 Å². The lowest BCUT2D eigenvalue weighted by atomic mass is 10.2. The van der Waals surface area contributed by atoms with Gasteiger partial charge >= 0.3 is 5.63 Å². The summed E-state index contributed by atoms with van der Waals surface area (Å²) in [6.07, 6.45) is 3.50. The monoisotopic (exact) mass is 411 g/mol. The van der Waals surface area contributed by atoms with Gasteiger partial charge in [0.25, 0.3) is 10.0 Å². The number of hydrogen-bond donors (Lipinski definition) is 1. The summed E-state index contributed by atoms with van der Waals surface area (Å²) in [6, 6.07) is 15.7. The molecule has 9 heteroatoms. The van der Waals surface area contributed by atoms with Crippen LogP contribution in [0.1, 0.15) is 0 Å². The number of hydrogen-bond acceptors (Lipinski definition) is 6. The molecule has 0 aliphatic carbocycles. The molecule has 0 saturated carbocycles. The summed E-state index contributed by atoms with van der Waals surface area (Å²) < 4.78 is 40.8. The van der Waals surface area contributed by atoms with Crippen molar-refractivity contribution in [1.82, 2.24) is 9.78 Å². The molecule has 0 bridgehead atoms. The lowest BCUT2D eigenvalue weighted by molar-refractivity contribution is 0.292. The predicted molar refractivity (Wildman–Crippen MR) is 107 cm³/mol. The highest BCUT2D eigenvalue weighted by atomic mass is 32.2. The lowest BCUT2D eigenvalue weighted by Crippen LogP contribution is -2.15. The zero-order valence-corrected chi connectivity index (χ0v) is 16.0. The molecule has 0 atom stereocenters. The van der Waals surface area contributed by atoms with Crippen molar-refractivity contribution in [2.45, 2.75) is 11.4 Å². The van der Waals surface area contributed by atoms with Gasteiger partial charge in [-0.25, -0.2) is 13.2 Å². The van der Waals surface area contributed by atoms with E-state index in [4.69, 9.17) is 9.15 Å². The van der Waals surface area contributed by atoms with Crippen molar-refractivity contribution < 1.29 is 17.6 Å². The third-order valence-electron chi connectivity index (χ3n) is 4.17. The number of para-hydroxylation sites is 2. The topological polar surface area (TPSA) is 103 Å². The molecule has 1 N–H and O–H groups in total. The van der Waals surface area contributed by atoms with E-state index in [1.165, 1.54) is 30.3 Å². The molecule has 0 amide bonds. The van der Waals surface area contributed by atoms with E-state index in [-0.39, 0.29) is 4.90 Å². The Morgan fingerprint density at radius 3 is 2.76 bits per heavy atom. The number of fused-ring (bicyclic) bond motifs is 1. The minimum Gasteiger partial charge on any atom is -0.489 e. The average molecular weight is 411 g/mol. The minimum atomic E-state index is -3.87. The number of sulfonamides is 1. The van der Waals surface area contributed by atoms with E-state index in [1.54, 1.807) is 35.1 Å². The van der Waals surface area contributed by atoms with Crippen LogP contribution >= 0.6 is 0 Å². The molecule has 0 aliphatic heterocycles. The highest BCUT2D eigenvalue weighted by molar-refractivity contribution is 7.92. The maximum absolute atomic E-state index is 12.9. The molecule has 148 valence electrons. The summed E-state index contributed by atoms with van der Waals surface area (Å²) in [7, 11) is -3.87. The average Bonchev–Trinajstić information content (AvgIpc) is 3.22. The van der Waals surface area contributed by atoms with E-state index in [0.29, 0.717) is 35.6 Å². The van der Waals surface area contributed by atoms with Gasteiger partial charge in [0, 0.05) is 23.8 Å². The molecule has 29 heavy (non-hydrogen) atoms. The fraction of sp³-hybridized carbons (Fsp3) is 0.100. The smallest absolute Gasteiger partial charge is 0.336 e. The number of nitrogens with one attached hydrogen (secondary N) is 1. The molecule has 0 saturated heterocycles.